The Morgan fingerprint density at radius 1 is 1.08 bits per heavy atom. The van der Waals surface area contributed by atoms with Gasteiger partial charge in [0, 0.05) is 58.2 Å². The summed E-state index contributed by atoms with van der Waals surface area (Å²) >= 11 is 0. The number of morpholine rings is 1. The molecule has 6 heteroatoms. The number of hydrogen-bond donors (Lipinski definition) is 0. The van der Waals surface area contributed by atoms with Crippen LogP contribution in [-0.2, 0) is 14.3 Å². The van der Waals surface area contributed by atoms with Gasteiger partial charge in [-0.3, -0.25) is 14.5 Å². The largest absolute Gasteiger partial charge is 0.379 e. The number of ether oxygens (including phenoxy) is 1. The van der Waals surface area contributed by atoms with Crippen molar-refractivity contribution in [2.24, 2.45) is 5.92 Å². The lowest BCUT2D eigenvalue weighted by Crippen LogP contribution is -2.48. The molecule has 0 aliphatic carbocycles. The lowest BCUT2D eigenvalue weighted by atomic mass is 9.98. The van der Waals surface area contributed by atoms with E-state index < -0.39 is 0 Å². The van der Waals surface area contributed by atoms with Gasteiger partial charge in [-0.25, -0.2) is 0 Å². The maximum absolute atomic E-state index is 12.8. The van der Waals surface area contributed by atoms with Crippen molar-refractivity contribution >= 4 is 11.8 Å². The van der Waals surface area contributed by atoms with Gasteiger partial charge in [-0.15, -0.1) is 0 Å². The number of amides is 2. The number of carbonyl (C=O) groups is 2. The first-order chi connectivity index (χ1) is 11.6. The molecule has 136 valence electrons. The topological polar surface area (TPSA) is 53.1 Å². The number of piperidine rings is 1. The van der Waals surface area contributed by atoms with Gasteiger partial charge in [0.2, 0.25) is 11.8 Å². The molecule has 0 unspecified atom stereocenters. The third-order valence-electron chi connectivity index (χ3n) is 5.88. The third kappa shape index (κ3) is 3.91. The van der Waals surface area contributed by atoms with Gasteiger partial charge in [-0.05, 0) is 25.2 Å². The van der Waals surface area contributed by atoms with Crippen LogP contribution in [0.4, 0.5) is 0 Å². The van der Waals surface area contributed by atoms with E-state index in [-0.39, 0.29) is 17.9 Å². The Bertz CT molecular complexity index is 464. The van der Waals surface area contributed by atoms with Crippen molar-refractivity contribution in [3.8, 4) is 0 Å². The monoisotopic (exact) mass is 337 g/mol. The Hall–Kier alpha value is -1.14. The summed E-state index contributed by atoms with van der Waals surface area (Å²) in [5, 5.41) is 0. The van der Waals surface area contributed by atoms with Crippen LogP contribution in [0.3, 0.4) is 0 Å². The molecule has 3 rings (SSSR count). The van der Waals surface area contributed by atoms with Crippen molar-refractivity contribution in [3.63, 3.8) is 0 Å². The van der Waals surface area contributed by atoms with E-state index in [0.717, 1.165) is 65.2 Å². The van der Waals surface area contributed by atoms with Gasteiger partial charge in [0.15, 0.2) is 0 Å². The van der Waals surface area contributed by atoms with E-state index in [4.69, 9.17) is 4.74 Å². The Morgan fingerprint density at radius 2 is 1.83 bits per heavy atom. The van der Waals surface area contributed by atoms with E-state index in [1.165, 1.54) is 0 Å². The van der Waals surface area contributed by atoms with Gasteiger partial charge < -0.3 is 14.5 Å². The maximum atomic E-state index is 12.8. The molecule has 0 aromatic rings. The van der Waals surface area contributed by atoms with Crippen molar-refractivity contribution < 1.29 is 14.3 Å². The molecule has 24 heavy (non-hydrogen) atoms. The van der Waals surface area contributed by atoms with Crippen molar-refractivity contribution in [2.75, 3.05) is 45.9 Å². The van der Waals surface area contributed by atoms with E-state index >= 15 is 0 Å². The first-order valence-electron chi connectivity index (χ1n) is 9.43. The second kappa shape index (κ2) is 7.83. The molecule has 0 aromatic carbocycles. The lowest BCUT2D eigenvalue weighted by Gasteiger charge is -2.36. The smallest absolute Gasteiger partial charge is 0.224 e. The van der Waals surface area contributed by atoms with Crippen LogP contribution in [0.2, 0.25) is 0 Å². The predicted octanol–water partition coefficient (Wildman–Crippen LogP) is 0.957. The SMILES string of the molecule is CC(=O)N1CCCC[C@@H]1CC(=O)N1C[C@@H](N2CCOCC2)[C@@H](C)C1. The molecule has 2 amide bonds. The van der Waals surface area contributed by atoms with Crippen LogP contribution in [0.1, 0.15) is 39.5 Å². The summed E-state index contributed by atoms with van der Waals surface area (Å²) in [6.07, 6.45) is 3.63. The van der Waals surface area contributed by atoms with Crippen LogP contribution in [0, 0.1) is 5.92 Å². The fourth-order valence-corrected chi connectivity index (χ4v) is 4.50. The highest BCUT2D eigenvalue weighted by Crippen LogP contribution is 2.26. The summed E-state index contributed by atoms with van der Waals surface area (Å²) < 4.78 is 5.44. The zero-order chi connectivity index (χ0) is 17.1. The van der Waals surface area contributed by atoms with Crippen LogP contribution < -0.4 is 0 Å². The Kier molecular flexibility index (Phi) is 5.76. The number of carbonyl (C=O) groups excluding carboxylic acids is 2. The molecule has 0 saturated carbocycles. The van der Waals surface area contributed by atoms with Gasteiger partial charge >= 0.3 is 0 Å². The average molecular weight is 337 g/mol. The maximum Gasteiger partial charge on any atom is 0.224 e. The summed E-state index contributed by atoms with van der Waals surface area (Å²) in [7, 11) is 0. The molecule has 3 saturated heterocycles. The van der Waals surface area contributed by atoms with E-state index in [2.05, 4.69) is 11.8 Å². The van der Waals surface area contributed by atoms with E-state index in [1.54, 1.807) is 6.92 Å². The van der Waals surface area contributed by atoms with Crippen LogP contribution in [0.25, 0.3) is 0 Å². The van der Waals surface area contributed by atoms with Crippen molar-refractivity contribution in [2.45, 2.75) is 51.6 Å². The van der Waals surface area contributed by atoms with Crippen molar-refractivity contribution in [3.05, 3.63) is 0 Å². The lowest BCUT2D eigenvalue weighted by molar-refractivity contribution is -0.136. The second-order valence-electron chi connectivity index (χ2n) is 7.56. The number of hydrogen-bond acceptors (Lipinski definition) is 4. The van der Waals surface area contributed by atoms with Gasteiger partial charge in [-0.2, -0.15) is 0 Å². The molecule has 0 aromatic heterocycles. The fourth-order valence-electron chi connectivity index (χ4n) is 4.50. The van der Waals surface area contributed by atoms with E-state index in [9.17, 15) is 9.59 Å². The van der Waals surface area contributed by atoms with Crippen molar-refractivity contribution in [1.82, 2.24) is 14.7 Å². The van der Waals surface area contributed by atoms with Gasteiger partial charge in [-0.1, -0.05) is 6.92 Å². The minimum atomic E-state index is 0.0986. The third-order valence-corrected chi connectivity index (χ3v) is 5.88. The summed E-state index contributed by atoms with van der Waals surface area (Å²) in [6, 6.07) is 0.551. The first kappa shape index (κ1) is 17.7. The standard InChI is InChI=1S/C18H31N3O3/c1-14-12-20(13-17(14)19-7-9-24-10-8-19)18(23)11-16-5-3-4-6-21(16)15(2)22/h14,16-17H,3-13H2,1-2H3/t14-,16+,17+/m0/s1. The highest BCUT2D eigenvalue weighted by Gasteiger charge is 2.37. The Morgan fingerprint density at radius 3 is 2.54 bits per heavy atom. The molecule has 0 bridgehead atoms. The molecule has 3 heterocycles. The molecule has 0 spiro atoms. The minimum Gasteiger partial charge on any atom is -0.379 e. The van der Waals surface area contributed by atoms with Crippen LogP contribution in [0.5, 0.6) is 0 Å². The molecule has 0 N–H and O–H groups in total. The highest BCUT2D eigenvalue weighted by atomic mass is 16.5. The van der Waals surface area contributed by atoms with Crippen LogP contribution >= 0.6 is 0 Å². The van der Waals surface area contributed by atoms with Gasteiger partial charge in [0.1, 0.15) is 0 Å². The number of rotatable bonds is 3. The molecular weight excluding hydrogens is 306 g/mol. The minimum absolute atomic E-state index is 0.0986. The molecule has 3 fully saturated rings. The molecule has 3 aliphatic heterocycles. The van der Waals surface area contributed by atoms with Gasteiger partial charge in [0.05, 0.1) is 13.2 Å². The normalized spacial score (nSPS) is 32.2. The molecule has 3 atom stereocenters. The number of likely N-dealkylation sites (tertiary alicyclic amines) is 2. The summed E-state index contributed by atoms with van der Waals surface area (Å²) in [5.74, 6) is 0.826. The van der Waals surface area contributed by atoms with Crippen molar-refractivity contribution in [1.29, 1.82) is 0 Å². The zero-order valence-corrected chi connectivity index (χ0v) is 15.1. The molecule has 3 aliphatic rings. The quantitative estimate of drug-likeness (QED) is 0.770. The molecular formula is C18H31N3O3. The Balaban J connectivity index is 1.56. The van der Waals surface area contributed by atoms with E-state index in [1.807, 2.05) is 9.80 Å². The van der Waals surface area contributed by atoms with Crippen LogP contribution in [-0.4, -0.2) is 84.5 Å². The highest BCUT2D eigenvalue weighted by molar-refractivity contribution is 5.79. The number of nitrogens with zero attached hydrogens (tertiary/aromatic N) is 3. The zero-order valence-electron chi connectivity index (χ0n) is 15.1. The first-order valence-corrected chi connectivity index (χ1v) is 9.43. The Labute approximate surface area is 145 Å². The molecule has 6 nitrogen and oxygen atoms in total. The summed E-state index contributed by atoms with van der Waals surface area (Å²) in [4.78, 5) is 31.0. The van der Waals surface area contributed by atoms with Crippen LogP contribution in [0.15, 0.2) is 0 Å². The second-order valence-corrected chi connectivity index (χ2v) is 7.56. The predicted molar refractivity (Wildman–Crippen MR) is 91.6 cm³/mol. The molecule has 0 radical (unpaired) electrons. The fraction of sp³-hybridized carbons (Fsp3) is 0.889. The summed E-state index contributed by atoms with van der Waals surface area (Å²) in [5.41, 5.74) is 0. The summed E-state index contributed by atoms with van der Waals surface area (Å²) in [6.45, 7) is 9.88. The average Bonchev–Trinajstić information content (AvgIpc) is 2.98. The van der Waals surface area contributed by atoms with E-state index in [0.29, 0.717) is 18.4 Å². The van der Waals surface area contributed by atoms with Gasteiger partial charge in [0.25, 0.3) is 0 Å².